The molecular formula is C15H11F3N2O5S. The van der Waals surface area contributed by atoms with Gasteiger partial charge in [-0.3, -0.25) is 9.59 Å². The van der Waals surface area contributed by atoms with Gasteiger partial charge in [-0.15, -0.1) is 0 Å². The lowest BCUT2D eigenvalue weighted by Gasteiger charge is -2.10. The lowest BCUT2D eigenvalue weighted by molar-refractivity contribution is -0.141. The largest absolute Gasteiger partial charge is 0.465 e. The molecule has 11 heteroatoms. The molecule has 0 saturated heterocycles. The first kappa shape index (κ1) is 19.4. The van der Waals surface area contributed by atoms with Crippen molar-refractivity contribution in [2.24, 2.45) is 0 Å². The first-order valence-corrected chi connectivity index (χ1v) is 7.66. The molecular weight excluding hydrogens is 377 g/mol. The smallest absolute Gasteiger partial charge is 0.435 e. The maximum atomic E-state index is 13.0. The Kier molecular flexibility index (Phi) is 5.60. The molecule has 1 aromatic heterocycles. The summed E-state index contributed by atoms with van der Waals surface area (Å²) in [5.74, 6) is -2.95. The van der Waals surface area contributed by atoms with Crippen molar-refractivity contribution < 1.29 is 37.0 Å². The number of para-hydroxylation sites is 1. The van der Waals surface area contributed by atoms with E-state index in [9.17, 15) is 27.6 Å². The Bertz CT molecular complexity index is 863. The van der Waals surface area contributed by atoms with Gasteiger partial charge in [-0.05, 0) is 23.7 Å². The zero-order valence-electron chi connectivity index (χ0n) is 13.3. The fraction of sp³-hybridized carbons (Fsp3) is 0.200. The monoisotopic (exact) mass is 388 g/mol. The highest BCUT2D eigenvalue weighted by Gasteiger charge is 2.41. The molecule has 1 amide bonds. The van der Waals surface area contributed by atoms with Crippen molar-refractivity contribution >= 4 is 34.4 Å². The third-order valence-electron chi connectivity index (χ3n) is 2.96. The number of aromatic nitrogens is 1. The van der Waals surface area contributed by atoms with Gasteiger partial charge in [0.2, 0.25) is 0 Å². The molecule has 0 aliphatic carbocycles. The Hall–Kier alpha value is -2.95. The van der Waals surface area contributed by atoms with Crippen LogP contribution in [0.3, 0.4) is 0 Å². The quantitative estimate of drug-likeness (QED) is 0.639. The van der Waals surface area contributed by atoms with Gasteiger partial charge in [0.1, 0.15) is 16.3 Å². The summed E-state index contributed by atoms with van der Waals surface area (Å²) in [6, 6.07) is 5.61. The number of alkyl halides is 3. The number of hydrogen-bond acceptors (Lipinski definition) is 7. The molecule has 0 fully saturated rings. The van der Waals surface area contributed by atoms with Crippen molar-refractivity contribution in [3.8, 4) is 5.75 Å². The summed E-state index contributed by atoms with van der Waals surface area (Å²) in [4.78, 5) is 35.2. The number of ether oxygens (including phenoxy) is 2. The van der Waals surface area contributed by atoms with E-state index in [1.807, 2.05) is 0 Å². The number of benzene rings is 1. The van der Waals surface area contributed by atoms with Crippen molar-refractivity contribution in [1.29, 1.82) is 0 Å². The average Bonchev–Trinajstić information content (AvgIpc) is 2.97. The number of nitrogens with one attached hydrogen (secondary N) is 1. The molecule has 26 heavy (non-hydrogen) atoms. The summed E-state index contributed by atoms with van der Waals surface area (Å²) in [7, 11) is 0.905. The van der Waals surface area contributed by atoms with Gasteiger partial charge in [0.15, 0.2) is 5.69 Å². The van der Waals surface area contributed by atoms with Crippen LogP contribution < -0.4 is 10.1 Å². The third-order valence-corrected chi connectivity index (χ3v) is 3.73. The average molecular weight is 388 g/mol. The Balaban J connectivity index is 2.41. The van der Waals surface area contributed by atoms with E-state index in [4.69, 9.17) is 4.74 Å². The number of carbonyl (C=O) groups excluding carboxylic acids is 3. The first-order chi connectivity index (χ1) is 12.1. The molecule has 7 nitrogen and oxygen atoms in total. The number of anilines is 1. The van der Waals surface area contributed by atoms with Gasteiger partial charge in [-0.1, -0.05) is 12.1 Å². The third kappa shape index (κ3) is 4.17. The van der Waals surface area contributed by atoms with E-state index in [0.717, 1.165) is 14.0 Å². The van der Waals surface area contributed by atoms with Crippen molar-refractivity contribution in [3.05, 3.63) is 41.1 Å². The number of amides is 1. The summed E-state index contributed by atoms with van der Waals surface area (Å²) in [6.45, 7) is 1.13. The topological polar surface area (TPSA) is 94.6 Å². The molecule has 0 saturated carbocycles. The highest BCUT2D eigenvalue weighted by atomic mass is 32.1. The molecule has 1 heterocycles. The van der Waals surface area contributed by atoms with E-state index in [0.29, 0.717) is 0 Å². The lowest BCUT2D eigenvalue weighted by atomic mass is 10.1. The summed E-state index contributed by atoms with van der Waals surface area (Å²) in [5.41, 5.74) is -2.47. The molecule has 0 atom stereocenters. The predicted octanol–water partition coefficient (Wildman–Crippen LogP) is 3.13. The summed E-state index contributed by atoms with van der Waals surface area (Å²) in [6.07, 6.45) is -4.90. The van der Waals surface area contributed by atoms with Gasteiger partial charge in [-0.2, -0.15) is 17.5 Å². The number of carbonyl (C=O) groups is 3. The molecule has 1 N–H and O–H groups in total. The fourth-order valence-electron chi connectivity index (χ4n) is 1.93. The van der Waals surface area contributed by atoms with Crippen LogP contribution in [-0.2, 0) is 15.7 Å². The number of hydrogen-bond donors (Lipinski definition) is 1. The van der Waals surface area contributed by atoms with Crippen LogP contribution in [0.2, 0.25) is 0 Å². The van der Waals surface area contributed by atoms with Gasteiger partial charge in [0, 0.05) is 6.92 Å². The SMILES string of the molecule is COC(=O)c1c(C(F)(F)F)nsc1NC(=O)c1ccccc1OC(C)=O. The molecule has 0 aliphatic rings. The second-order valence-electron chi connectivity index (χ2n) is 4.77. The van der Waals surface area contributed by atoms with Crippen molar-refractivity contribution in [1.82, 2.24) is 4.37 Å². The summed E-state index contributed by atoms with van der Waals surface area (Å²) >= 11 is 0.279. The normalized spacial score (nSPS) is 11.0. The van der Waals surface area contributed by atoms with Crippen LogP contribution in [0.4, 0.5) is 18.2 Å². The first-order valence-electron chi connectivity index (χ1n) is 6.89. The van der Waals surface area contributed by atoms with Crippen molar-refractivity contribution in [3.63, 3.8) is 0 Å². The number of rotatable bonds is 4. The molecule has 0 aliphatic heterocycles. The van der Waals surface area contributed by atoms with Gasteiger partial charge in [0.05, 0.1) is 12.7 Å². The van der Waals surface area contributed by atoms with Crippen LogP contribution >= 0.6 is 11.5 Å². The highest BCUT2D eigenvalue weighted by molar-refractivity contribution is 7.11. The molecule has 138 valence electrons. The van der Waals surface area contributed by atoms with E-state index in [1.165, 1.54) is 24.3 Å². The number of halogens is 3. The molecule has 0 spiro atoms. The summed E-state index contributed by atoms with van der Waals surface area (Å²) in [5, 5.41) is 1.73. The second-order valence-corrected chi connectivity index (χ2v) is 5.54. The Morgan fingerprint density at radius 1 is 1.19 bits per heavy atom. The minimum atomic E-state index is -4.90. The summed E-state index contributed by atoms with van der Waals surface area (Å²) < 4.78 is 51.4. The fourth-order valence-corrected chi connectivity index (χ4v) is 2.72. The van der Waals surface area contributed by atoms with E-state index >= 15 is 0 Å². The maximum absolute atomic E-state index is 13.0. The van der Waals surface area contributed by atoms with E-state index in [-0.39, 0.29) is 22.8 Å². The lowest BCUT2D eigenvalue weighted by Crippen LogP contribution is -2.18. The van der Waals surface area contributed by atoms with Crippen LogP contribution in [0.25, 0.3) is 0 Å². The van der Waals surface area contributed by atoms with E-state index in [2.05, 4.69) is 14.4 Å². The van der Waals surface area contributed by atoms with Crippen LogP contribution in [-0.4, -0.2) is 29.3 Å². The van der Waals surface area contributed by atoms with E-state index in [1.54, 1.807) is 0 Å². The van der Waals surface area contributed by atoms with Gasteiger partial charge < -0.3 is 14.8 Å². The zero-order valence-corrected chi connectivity index (χ0v) is 14.2. The number of nitrogens with zero attached hydrogens (tertiary/aromatic N) is 1. The second kappa shape index (κ2) is 7.52. The highest BCUT2D eigenvalue weighted by Crippen LogP contribution is 2.37. The maximum Gasteiger partial charge on any atom is 0.435 e. The molecule has 1 aromatic carbocycles. The van der Waals surface area contributed by atoms with Crippen LogP contribution in [0.1, 0.15) is 33.3 Å². The van der Waals surface area contributed by atoms with Crippen LogP contribution in [0.15, 0.2) is 24.3 Å². The van der Waals surface area contributed by atoms with Gasteiger partial charge >= 0.3 is 18.1 Å². The standard InChI is InChI=1S/C15H11F3N2O5S/c1-7(21)25-9-6-4-3-5-8(9)12(22)19-13-10(14(23)24-2)11(20-26-13)15(16,17)18/h3-6H,1-2H3,(H,19,22). The molecule has 2 rings (SSSR count). The molecule has 0 unspecified atom stereocenters. The van der Waals surface area contributed by atoms with Gasteiger partial charge in [0.25, 0.3) is 5.91 Å². The minimum Gasteiger partial charge on any atom is -0.465 e. The van der Waals surface area contributed by atoms with Crippen LogP contribution in [0, 0.1) is 0 Å². The van der Waals surface area contributed by atoms with Gasteiger partial charge in [-0.25, -0.2) is 4.79 Å². The Morgan fingerprint density at radius 3 is 2.42 bits per heavy atom. The van der Waals surface area contributed by atoms with Crippen molar-refractivity contribution in [2.75, 3.05) is 12.4 Å². The van der Waals surface area contributed by atoms with E-state index < -0.39 is 40.3 Å². The number of methoxy groups -OCH3 is 1. The van der Waals surface area contributed by atoms with Crippen LogP contribution in [0.5, 0.6) is 5.75 Å². The predicted molar refractivity (Wildman–Crippen MR) is 84.2 cm³/mol. The molecule has 0 bridgehead atoms. The Morgan fingerprint density at radius 2 is 1.85 bits per heavy atom. The zero-order chi connectivity index (χ0) is 19.5. The minimum absolute atomic E-state index is 0.0855. The molecule has 2 aromatic rings. The van der Waals surface area contributed by atoms with Crippen molar-refractivity contribution in [2.45, 2.75) is 13.1 Å². The number of esters is 2. The molecule has 0 radical (unpaired) electrons. The Labute approximate surface area is 148 Å².